The number of carbonyl (C=O) groups excluding carboxylic acids is 2. The van der Waals surface area contributed by atoms with Gasteiger partial charge in [0.2, 0.25) is 11.9 Å². The molecule has 9 nitrogen and oxygen atoms in total. The largest absolute Gasteiger partial charge is 0.375 e. The third kappa shape index (κ3) is 6.33. The zero-order valence-electron chi connectivity index (χ0n) is 21.3. The van der Waals surface area contributed by atoms with Gasteiger partial charge < -0.3 is 10.1 Å². The van der Waals surface area contributed by atoms with Crippen LogP contribution in [0.25, 0.3) is 0 Å². The van der Waals surface area contributed by atoms with Gasteiger partial charge in [-0.05, 0) is 55.7 Å². The second kappa shape index (κ2) is 12.0. The Kier molecular flexibility index (Phi) is 9.07. The summed E-state index contributed by atoms with van der Waals surface area (Å²) < 4.78 is 34.3. The molecule has 0 bridgehead atoms. The van der Waals surface area contributed by atoms with Crippen molar-refractivity contribution in [2.75, 3.05) is 30.9 Å². The second-order valence-corrected chi connectivity index (χ2v) is 13.2. The minimum Gasteiger partial charge on any atom is -0.375 e. The Morgan fingerprint density at radius 3 is 2.44 bits per heavy atom. The number of imidazole rings is 1. The third-order valence-electron chi connectivity index (χ3n) is 6.39. The summed E-state index contributed by atoms with van der Waals surface area (Å²) >= 11 is 15.9. The van der Waals surface area contributed by atoms with Crippen molar-refractivity contribution in [1.82, 2.24) is 14.9 Å². The van der Waals surface area contributed by atoms with Crippen LogP contribution in [0.4, 0.5) is 11.6 Å². The van der Waals surface area contributed by atoms with Gasteiger partial charge in [0.1, 0.15) is 12.1 Å². The number of benzene rings is 2. The fourth-order valence-corrected chi connectivity index (χ4v) is 6.93. The summed E-state index contributed by atoms with van der Waals surface area (Å²) in [5, 5.41) is 3.28. The Balaban J connectivity index is 1.69. The molecule has 0 aliphatic carbocycles. The van der Waals surface area contributed by atoms with E-state index in [2.05, 4.69) is 26.2 Å². The van der Waals surface area contributed by atoms with Crippen molar-refractivity contribution in [1.29, 1.82) is 0 Å². The van der Waals surface area contributed by atoms with Crippen LogP contribution in [0, 0.1) is 0 Å². The topological polar surface area (TPSA) is 111 Å². The van der Waals surface area contributed by atoms with E-state index in [0.29, 0.717) is 35.1 Å². The SMILES string of the molecule is COCC(=O)NCCCCS(=O)(=O)c1cnc2n1[C@](C)(Cc1ccc(Br)cc1)C(=O)N2c1cc(Cl)cc(Cl)c1. The fraction of sp³-hybridized carbons (Fsp3) is 0.346. The molecule has 13 heteroatoms. The number of rotatable bonds is 11. The molecule has 0 unspecified atom stereocenters. The van der Waals surface area contributed by atoms with Gasteiger partial charge in [-0.1, -0.05) is 51.3 Å². The van der Waals surface area contributed by atoms with E-state index in [1.165, 1.54) is 22.8 Å². The molecule has 0 saturated carbocycles. The molecule has 1 aromatic heterocycles. The van der Waals surface area contributed by atoms with Crippen LogP contribution in [0.5, 0.6) is 0 Å². The highest BCUT2D eigenvalue weighted by atomic mass is 79.9. The quantitative estimate of drug-likeness (QED) is 0.294. The Morgan fingerprint density at radius 2 is 1.79 bits per heavy atom. The molecule has 1 N–H and O–H groups in total. The van der Waals surface area contributed by atoms with Crippen LogP contribution < -0.4 is 10.2 Å². The average molecular weight is 658 g/mol. The van der Waals surface area contributed by atoms with Crippen molar-refractivity contribution >= 4 is 72.4 Å². The summed E-state index contributed by atoms with van der Waals surface area (Å²) in [5.74, 6) is -0.631. The summed E-state index contributed by atoms with van der Waals surface area (Å²) in [5.41, 5.74) is -0.0696. The number of nitrogens with zero attached hydrogens (tertiary/aromatic N) is 3. The van der Waals surface area contributed by atoms with Crippen molar-refractivity contribution < 1.29 is 22.7 Å². The molecular formula is C26H27BrCl2N4O5S. The first-order valence-corrected chi connectivity index (χ1v) is 15.3. The second-order valence-electron chi connectivity index (χ2n) is 9.39. The van der Waals surface area contributed by atoms with Crippen LogP contribution in [0.3, 0.4) is 0 Å². The van der Waals surface area contributed by atoms with Crippen LogP contribution in [0.15, 0.2) is 58.2 Å². The molecule has 1 aliphatic rings. The number of hydrogen-bond donors (Lipinski definition) is 1. The molecule has 1 aliphatic heterocycles. The molecule has 4 rings (SSSR count). The smallest absolute Gasteiger partial charge is 0.260 e. The molecule has 39 heavy (non-hydrogen) atoms. The number of aromatic nitrogens is 2. The highest BCUT2D eigenvalue weighted by molar-refractivity contribution is 9.10. The van der Waals surface area contributed by atoms with Gasteiger partial charge >= 0.3 is 0 Å². The Labute approximate surface area is 245 Å². The van der Waals surface area contributed by atoms with Gasteiger partial charge in [0, 0.05) is 34.6 Å². The van der Waals surface area contributed by atoms with Gasteiger partial charge in [-0.2, -0.15) is 0 Å². The average Bonchev–Trinajstić information content (AvgIpc) is 3.39. The molecule has 2 amide bonds. The van der Waals surface area contributed by atoms with Crippen molar-refractivity contribution in [3.05, 3.63) is 68.7 Å². The summed E-state index contributed by atoms with van der Waals surface area (Å²) in [6, 6.07) is 12.2. The first-order valence-electron chi connectivity index (χ1n) is 12.1. The lowest BCUT2D eigenvalue weighted by molar-refractivity contribution is -0.125. The number of halogens is 3. The molecule has 0 spiro atoms. The van der Waals surface area contributed by atoms with Gasteiger partial charge in [-0.3, -0.25) is 14.2 Å². The molecule has 2 heterocycles. The summed E-state index contributed by atoms with van der Waals surface area (Å²) in [6.45, 7) is 1.98. The van der Waals surface area contributed by atoms with Crippen molar-refractivity contribution in [3.8, 4) is 0 Å². The van der Waals surface area contributed by atoms with E-state index in [1.54, 1.807) is 25.1 Å². The maximum Gasteiger partial charge on any atom is 0.260 e. The van der Waals surface area contributed by atoms with Crippen LogP contribution in [0.1, 0.15) is 25.3 Å². The van der Waals surface area contributed by atoms with E-state index in [1.807, 2.05) is 24.3 Å². The van der Waals surface area contributed by atoms with Gasteiger partial charge in [0.05, 0.1) is 17.6 Å². The maximum absolute atomic E-state index is 14.1. The summed E-state index contributed by atoms with van der Waals surface area (Å²) in [6.07, 6.45) is 2.27. The molecular weight excluding hydrogens is 631 g/mol. The van der Waals surface area contributed by atoms with E-state index in [-0.39, 0.29) is 41.6 Å². The minimum atomic E-state index is -3.84. The van der Waals surface area contributed by atoms with E-state index < -0.39 is 15.4 Å². The van der Waals surface area contributed by atoms with Gasteiger partial charge in [-0.25, -0.2) is 18.3 Å². The van der Waals surface area contributed by atoms with Crippen molar-refractivity contribution in [2.24, 2.45) is 0 Å². The summed E-state index contributed by atoms with van der Waals surface area (Å²) in [4.78, 5) is 31.4. The number of unbranched alkanes of at least 4 members (excludes halogenated alkanes) is 1. The number of carbonyl (C=O) groups is 2. The molecule has 2 aromatic carbocycles. The van der Waals surface area contributed by atoms with Crippen LogP contribution in [-0.2, 0) is 36.1 Å². The number of hydrogen-bond acceptors (Lipinski definition) is 6. The van der Waals surface area contributed by atoms with Crippen LogP contribution >= 0.6 is 39.1 Å². The number of ether oxygens (including phenoxy) is 1. The molecule has 1 atom stereocenters. The lowest BCUT2D eigenvalue weighted by Gasteiger charge is -2.26. The lowest BCUT2D eigenvalue weighted by atomic mass is 9.92. The Hall–Kier alpha value is -2.44. The van der Waals surface area contributed by atoms with E-state index >= 15 is 0 Å². The van der Waals surface area contributed by atoms with E-state index in [4.69, 9.17) is 27.9 Å². The summed E-state index contributed by atoms with van der Waals surface area (Å²) in [7, 11) is -2.42. The van der Waals surface area contributed by atoms with Crippen molar-refractivity contribution in [2.45, 2.75) is 36.8 Å². The van der Waals surface area contributed by atoms with Gasteiger partial charge in [0.15, 0.2) is 14.9 Å². The number of methoxy groups -OCH3 is 1. The molecule has 0 fully saturated rings. The highest BCUT2D eigenvalue weighted by Crippen LogP contribution is 2.44. The standard InChI is InChI=1S/C26H27BrCl2N4O5S/c1-26(14-17-5-7-18(27)8-6-17)24(35)32(21-12-19(28)11-20(29)13-21)25-31-15-23(33(25)26)39(36,37)10-4-3-9-30-22(34)16-38-2/h5-8,11-13,15H,3-4,9-10,14,16H2,1-2H3,(H,30,34)/t26-/m1/s1. The predicted octanol–water partition coefficient (Wildman–Crippen LogP) is 4.91. The highest BCUT2D eigenvalue weighted by Gasteiger charge is 2.51. The molecule has 0 radical (unpaired) electrons. The lowest BCUT2D eigenvalue weighted by Crippen LogP contribution is -2.42. The van der Waals surface area contributed by atoms with Crippen molar-refractivity contribution in [3.63, 3.8) is 0 Å². The zero-order valence-corrected chi connectivity index (χ0v) is 25.2. The monoisotopic (exact) mass is 656 g/mol. The first-order chi connectivity index (χ1) is 18.5. The van der Waals surface area contributed by atoms with E-state index in [9.17, 15) is 18.0 Å². The van der Waals surface area contributed by atoms with E-state index in [0.717, 1.165) is 10.0 Å². The number of anilines is 2. The zero-order chi connectivity index (χ0) is 28.4. The molecule has 0 saturated heterocycles. The normalized spacial score (nSPS) is 16.9. The maximum atomic E-state index is 14.1. The van der Waals surface area contributed by atoms with Crippen LogP contribution in [0.2, 0.25) is 10.0 Å². The Morgan fingerprint density at radius 1 is 1.13 bits per heavy atom. The third-order valence-corrected chi connectivity index (χ3v) is 9.11. The number of amides is 2. The molecule has 208 valence electrons. The number of nitrogens with one attached hydrogen (secondary N) is 1. The Bertz CT molecular complexity index is 1480. The molecule has 3 aromatic rings. The number of fused-ring (bicyclic) bond motifs is 1. The van der Waals surface area contributed by atoms with Gasteiger partial charge in [0.25, 0.3) is 5.91 Å². The van der Waals surface area contributed by atoms with Gasteiger partial charge in [-0.15, -0.1) is 0 Å². The van der Waals surface area contributed by atoms with Crippen LogP contribution in [-0.4, -0.2) is 55.8 Å². The minimum absolute atomic E-state index is 0.0514. The number of sulfone groups is 1. The first kappa shape index (κ1) is 29.5. The fourth-order valence-electron chi connectivity index (χ4n) is 4.58. The predicted molar refractivity (Wildman–Crippen MR) is 154 cm³/mol.